The molecule has 1 atom stereocenters. The Morgan fingerprint density at radius 3 is 2.37 bits per heavy atom. The summed E-state index contributed by atoms with van der Waals surface area (Å²) < 4.78 is 40.9. The van der Waals surface area contributed by atoms with Crippen molar-refractivity contribution in [2.24, 2.45) is 5.73 Å². The molecule has 2 rings (SSSR count). The van der Waals surface area contributed by atoms with Crippen LogP contribution in [0.15, 0.2) is 34.8 Å². The van der Waals surface area contributed by atoms with Crippen LogP contribution >= 0.6 is 15.9 Å². The molecule has 2 aromatic rings. The maximum Gasteiger partial charge on any atom is 0.137 e. The Morgan fingerprint density at radius 1 is 1.00 bits per heavy atom. The van der Waals surface area contributed by atoms with Crippen LogP contribution in [0.4, 0.5) is 13.2 Å². The molecule has 0 fully saturated rings. The highest BCUT2D eigenvalue weighted by Gasteiger charge is 2.19. The Morgan fingerprint density at radius 2 is 1.68 bits per heavy atom. The third-order valence-corrected chi connectivity index (χ3v) is 3.77. The molecule has 0 saturated carbocycles. The number of hydrogen-bond donors (Lipinski definition) is 1. The molecule has 19 heavy (non-hydrogen) atoms. The molecule has 0 spiro atoms. The predicted molar refractivity (Wildman–Crippen MR) is 71.2 cm³/mol. The van der Waals surface area contributed by atoms with Crippen molar-refractivity contribution < 1.29 is 13.2 Å². The molecule has 0 saturated heterocycles. The van der Waals surface area contributed by atoms with Crippen LogP contribution in [0.25, 0.3) is 0 Å². The number of hydrogen-bond acceptors (Lipinski definition) is 1. The summed E-state index contributed by atoms with van der Waals surface area (Å²) in [5, 5.41) is 0. The Kier molecular flexibility index (Phi) is 3.96. The summed E-state index contributed by atoms with van der Waals surface area (Å²) in [6.45, 7) is 1.46. The first kappa shape index (κ1) is 14.1. The summed E-state index contributed by atoms with van der Waals surface area (Å²) in [5.74, 6) is -1.65. The van der Waals surface area contributed by atoms with Gasteiger partial charge < -0.3 is 5.73 Å². The van der Waals surface area contributed by atoms with E-state index in [0.29, 0.717) is 5.56 Å². The number of aryl methyl sites for hydroxylation is 1. The zero-order chi connectivity index (χ0) is 14.2. The van der Waals surface area contributed by atoms with Gasteiger partial charge in [0.05, 0.1) is 10.5 Å². The van der Waals surface area contributed by atoms with E-state index < -0.39 is 23.5 Å². The van der Waals surface area contributed by atoms with Crippen LogP contribution < -0.4 is 5.73 Å². The van der Waals surface area contributed by atoms with Gasteiger partial charge in [0.2, 0.25) is 0 Å². The van der Waals surface area contributed by atoms with E-state index in [0.717, 1.165) is 12.1 Å². The van der Waals surface area contributed by atoms with Gasteiger partial charge in [-0.15, -0.1) is 0 Å². The Bertz CT molecular complexity index is 628. The van der Waals surface area contributed by atoms with Crippen molar-refractivity contribution in [3.05, 3.63) is 68.9 Å². The SMILES string of the molecule is Cc1cc(F)c(C(N)c2cccc(F)c2Br)cc1F. The van der Waals surface area contributed by atoms with Crippen molar-refractivity contribution in [2.75, 3.05) is 0 Å². The smallest absolute Gasteiger partial charge is 0.137 e. The zero-order valence-electron chi connectivity index (χ0n) is 10.1. The van der Waals surface area contributed by atoms with Gasteiger partial charge in [-0.05, 0) is 52.2 Å². The average Bonchev–Trinajstić information content (AvgIpc) is 2.36. The molecule has 0 heterocycles. The lowest BCUT2D eigenvalue weighted by atomic mass is 9.97. The van der Waals surface area contributed by atoms with Gasteiger partial charge in [-0.2, -0.15) is 0 Å². The highest BCUT2D eigenvalue weighted by molar-refractivity contribution is 9.10. The zero-order valence-corrected chi connectivity index (χ0v) is 11.6. The van der Waals surface area contributed by atoms with Gasteiger partial charge in [0.1, 0.15) is 17.5 Å². The number of rotatable bonds is 2. The second-order valence-corrected chi connectivity index (χ2v) is 5.04. The van der Waals surface area contributed by atoms with Crippen molar-refractivity contribution in [3.8, 4) is 0 Å². The van der Waals surface area contributed by atoms with Crippen LogP contribution in [-0.4, -0.2) is 0 Å². The third kappa shape index (κ3) is 2.67. The topological polar surface area (TPSA) is 26.0 Å². The lowest BCUT2D eigenvalue weighted by molar-refractivity contribution is 0.568. The Labute approximate surface area is 117 Å². The van der Waals surface area contributed by atoms with E-state index in [9.17, 15) is 13.2 Å². The first-order valence-electron chi connectivity index (χ1n) is 5.57. The molecule has 1 unspecified atom stereocenters. The molecule has 0 amide bonds. The summed E-state index contributed by atoms with van der Waals surface area (Å²) in [4.78, 5) is 0. The van der Waals surface area contributed by atoms with E-state index >= 15 is 0 Å². The molecule has 2 aromatic carbocycles. The summed E-state index contributed by atoms with van der Waals surface area (Å²) in [6.07, 6.45) is 0. The molecule has 2 N–H and O–H groups in total. The van der Waals surface area contributed by atoms with Crippen molar-refractivity contribution >= 4 is 15.9 Å². The monoisotopic (exact) mass is 329 g/mol. The standard InChI is InChI=1S/C14H11BrF3N/c1-7-5-12(18)9(6-11(7)17)14(19)8-3-2-4-10(16)13(8)15/h2-6,14H,19H2,1H3. The molecule has 1 nitrogen and oxygen atoms in total. The van der Waals surface area contributed by atoms with Crippen molar-refractivity contribution in [3.63, 3.8) is 0 Å². The maximum atomic E-state index is 13.8. The fourth-order valence-corrected chi connectivity index (χ4v) is 2.34. The lowest BCUT2D eigenvalue weighted by Crippen LogP contribution is -2.15. The van der Waals surface area contributed by atoms with Gasteiger partial charge in [0.15, 0.2) is 0 Å². The van der Waals surface area contributed by atoms with Gasteiger partial charge in [0, 0.05) is 5.56 Å². The van der Waals surface area contributed by atoms with Crippen LogP contribution in [0.3, 0.4) is 0 Å². The Balaban J connectivity index is 2.53. The van der Waals surface area contributed by atoms with E-state index in [-0.39, 0.29) is 15.6 Å². The minimum absolute atomic E-state index is 0.00519. The second-order valence-electron chi connectivity index (χ2n) is 4.24. The minimum atomic E-state index is -0.944. The molecular formula is C14H11BrF3N. The lowest BCUT2D eigenvalue weighted by Gasteiger charge is -2.16. The van der Waals surface area contributed by atoms with Gasteiger partial charge in [-0.3, -0.25) is 0 Å². The number of benzene rings is 2. The Hall–Kier alpha value is -1.33. The largest absolute Gasteiger partial charge is 0.320 e. The van der Waals surface area contributed by atoms with E-state index in [1.54, 1.807) is 6.07 Å². The van der Waals surface area contributed by atoms with Gasteiger partial charge in [-0.25, -0.2) is 13.2 Å². The minimum Gasteiger partial charge on any atom is -0.320 e. The van der Waals surface area contributed by atoms with E-state index in [4.69, 9.17) is 5.73 Å². The van der Waals surface area contributed by atoms with Crippen molar-refractivity contribution in [1.29, 1.82) is 0 Å². The molecular weight excluding hydrogens is 319 g/mol. The second kappa shape index (κ2) is 5.35. The van der Waals surface area contributed by atoms with Crippen LogP contribution in [0.2, 0.25) is 0 Å². The highest BCUT2D eigenvalue weighted by atomic mass is 79.9. The molecule has 0 bridgehead atoms. The van der Waals surface area contributed by atoms with Crippen LogP contribution in [0, 0.1) is 24.4 Å². The first-order chi connectivity index (χ1) is 8.91. The van der Waals surface area contributed by atoms with Crippen LogP contribution in [-0.2, 0) is 0 Å². The quantitative estimate of drug-likeness (QED) is 0.876. The summed E-state index contributed by atoms with van der Waals surface area (Å²) in [7, 11) is 0. The molecule has 5 heteroatoms. The van der Waals surface area contributed by atoms with Crippen molar-refractivity contribution in [2.45, 2.75) is 13.0 Å². The summed E-state index contributed by atoms with van der Waals surface area (Å²) in [6, 6.07) is 5.48. The molecule has 0 aliphatic rings. The van der Waals surface area contributed by atoms with E-state index in [1.165, 1.54) is 19.1 Å². The highest BCUT2D eigenvalue weighted by Crippen LogP contribution is 2.30. The molecule has 100 valence electrons. The van der Waals surface area contributed by atoms with Gasteiger partial charge in [-0.1, -0.05) is 12.1 Å². The normalized spacial score (nSPS) is 12.5. The molecule has 0 aliphatic heterocycles. The van der Waals surface area contributed by atoms with Gasteiger partial charge in [0.25, 0.3) is 0 Å². The number of nitrogens with two attached hydrogens (primary N) is 1. The number of halogens is 4. The van der Waals surface area contributed by atoms with Crippen LogP contribution in [0.1, 0.15) is 22.7 Å². The fourth-order valence-electron chi connectivity index (χ4n) is 1.83. The summed E-state index contributed by atoms with van der Waals surface area (Å²) >= 11 is 3.06. The summed E-state index contributed by atoms with van der Waals surface area (Å²) in [5.41, 5.74) is 6.46. The maximum absolute atomic E-state index is 13.8. The average molecular weight is 330 g/mol. The molecule has 0 radical (unpaired) electrons. The molecule has 0 aliphatic carbocycles. The predicted octanol–water partition coefficient (Wildman–Crippen LogP) is 4.22. The first-order valence-corrected chi connectivity index (χ1v) is 6.36. The van der Waals surface area contributed by atoms with E-state index in [2.05, 4.69) is 15.9 Å². The molecule has 0 aromatic heterocycles. The van der Waals surface area contributed by atoms with Crippen molar-refractivity contribution in [1.82, 2.24) is 0 Å². The third-order valence-electron chi connectivity index (χ3n) is 2.93. The van der Waals surface area contributed by atoms with E-state index in [1.807, 2.05) is 0 Å². The van der Waals surface area contributed by atoms with Crippen LogP contribution in [0.5, 0.6) is 0 Å². The fraction of sp³-hybridized carbons (Fsp3) is 0.143. The van der Waals surface area contributed by atoms with Gasteiger partial charge >= 0.3 is 0 Å².